The van der Waals surface area contributed by atoms with Gasteiger partial charge >= 0.3 is 0 Å². The highest BCUT2D eigenvalue weighted by Gasteiger charge is 2.31. The lowest BCUT2D eigenvalue weighted by atomic mass is 10.0. The first-order chi connectivity index (χ1) is 8.84. The zero-order valence-electron chi connectivity index (χ0n) is 11.9. The average Bonchev–Trinajstić information content (AvgIpc) is 2.83. The van der Waals surface area contributed by atoms with E-state index < -0.39 is 9.84 Å². The van der Waals surface area contributed by atoms with E-state index in [1.807, 2.05) is 6.92 Å². The predicted molar refractivity (Wildman–Crippen MR) is 76.8 cm³/mol. The van der Waals surface area contributed by atoms with Gasteiger partial charge in [-0.3, -0.25) is 0 Å². The van der Waals surface area contributed by atoms with E-state index in [4.69, 9.17) is 5.73 Å². The van der Waals surface area contributed by atoms with E-state index in [1.165, 1.54) is 0 Å². The summed E-state index contributed by atoms with van der Waals surface area (Å²) in [5, 5.41) is 4.57. The standard InChI is InChI=1S/C13H23N3O2S/c1-4-9(2)7-12-10(3)13(14)16(15-12)11-5-6-19(17,18)8-11/h9,11H,4-8,14H2,1-3H3. The maximum absolute atomic E-state index is 11.6. The van der Waals surface area contributed by atoms with E-state index in [2.05, 4.69) is 18.9 Å². The SMILES string of the molecule is CCC(C)Cc1nn(C2CCS(=O)(=O)C2)c(N)c1C. The van der Waals surface area contributed by atoms with Crippen LogP contribution >= 0.6 is 0 Å². The number of sulfone groups is 1. The minimum Gasteiger partial charge on any atom is -0.384 e. The molecule has 1 aromatic rings. The Labute approximate surface area is 115 Å². The molecular formula is C13H23N3O2S. The zero-order valence-corrected chi connectivity index (χ0v) is 12.7. The molecule has 0 bridgehead atoms. The van der Waals surface area contributed by atoms with Gasteiger partial charge in [-0.2, -0.15) is 5.10 Å². The van der Waals surface area contributed by atoms with Crippen LogP contribution in [-0.4, -0.2) is 29.7 Å². The van der Waals surface area contributed by atoms with Crippen molar-refractivity contribution in [1.82, 2.24) is 9.78 Å². The highest BCUT2D eigenvalue weighted by molar-refractivity contribution is 7.91. The van der Waals surface area contributed by atoms with Gasteiger partial charge in [-0.05, 0) is 25.7 Å². The second-order valence-electron chi connectivity index (χ2n) is 5.68. The van der Waals surface area contributed by atoms with Gasteiger partial charge in [0.25, 0.3) is 0 Å². The van der Waals surface area contributed by atoms with Crippen LogP contribution in [0.15, 0.2) is 0 Å². The van der Waals surface area contributed by atoms with Crippen molar-refractivity contribution >= 4 is 15.7 Å². The quantitative estimate of drug-likeness (QED) is 0.913. The monoisotopic (exact) mass is 285 g/mol. The van der Waals surface area contributed by atoms with E-state index in [0.29, 0.717) is 18.2 Å². The molecule has 108 valence electrons. The summed E-state index contributed by atoms with van der Waals surface area (Å²) in [5.74, 6) is 1.60. The van der Waals surface area contributed by atoms with Gasteiger partial charge in [0.1, 0.15) is 5.82 Å². The molecule has 2 rings (SSSR count). The van der Waals surface area contributed by atoms with Crippen LogP contribution in [0, 0.1) is 12.8 Å². The van der Waals surface area contributed by atoms with Crippen LogP contribution in [0.3, 0.4) is 0 Å². The Morgan fingerprint density at radius 1 is 1.53 bits per heavy atom. The van der Waals surface area contributed by atoms with E-state index in [-0.39, 0.29) is 17.5 Å². The fourth-order valence-corrected chi connectivity index (χ4v) is 4.19. The average molecular weight is 285 g/mol. The molecule has 2 atom stereocenters. The molecule has 19 heavy (non-hydrogen) atoms. The number of aromatic nitrogens is 2. The largest absolute Gasteiger partial charge is 0.384 e. The number of nitrogens with two attached hydrogens (primary N) is 1. The van der Waals surface area contributed by atoms with Gasteiger partial charge < -0.3 is 5.73 Å². The van der Waals surface area contributed by atoms with Crippen LogP contribution in [-0.2, 0) is 16.3 Å². The van der Waals surface area contributed by atoms with E-state index >= 15 is 0 Å². The molecule has 6 heteroatoms. The number of hydrogen-bond acceptors (Lipinski definition) is 4. The summed E-state index contributed by atoms with van der Waals surface area (Å²) in [6.07, 6.45) is 2.62. The van der Waals surface area contributed by atoms with E-state index in [0.717, 1.165) is 24.1 Å². The third-order valence-electron chi connectivity index (χ3n) is 4.09. The van der Waals surface area contributed by atoms with Gasteiger partial charge in [-0.1, -0.05) is 20.3 Å². The maximum atomic E-state index is 11.6. The molecule has 1 aromatic heterocycles. The van der Waals surface area contributed by atoms with Crippen molar-refractivity contribution in [2.24, 2.45) is 5.92 Å². The first-order valence-corrected chi connectivity index (χ1v) is 8.70. The van der Waals surface area contributed by atoms with Crippen molar-refractivity contribution in [1.29, 1.82) is 0 Å². The van der Waals surface area contributed by atoms with Crippen molar-refractivity contribution in [2.75, 3.05) is 17.2 Å². The molecule has 0 amide bonds. The topological polar surface area (TPSA) is 78.0 Å². The Morgan fingerprint density at radius 3 is 2.74 bits per heavy atom. The Balaban J connectivity index is 2.25. The van der Waals surface area contributed by atoms with Gasteiger partial charge in [0.15, 0.2) is 9.84 Å². The zero-order chi connectivity index (χ0) is 14.2. The molecule has 0 aliphatic carbocycles. The highest BCUT2D eigenvalue weighted by Crippen LogP contribution is 2.29. The van der Waals surface area contributed by atoms with Crippen molar-refractivity contribution in [3.05, 3.63) is 11.3 Å². The molecule has 0 radical (unpaired) electrons. The summed E-state index contributed by atoms with van der Waals surface area (Å²) < 4.78 is 24.9. The molecule has 1 aliphatic rings. The fraction of sp³-hybridized carbons (Fsp3) is 0.769. The molecule has 1 fully saturated rings. The minimum absolute atomic E-state index is 0.0885. The number of hydrogen-bond donors (Lipinski definition) is 1. The molecule has 2 heterocycles. The Bertz CT molecular complexity index is 563. The maximum Gasteiger partial charge on any atom is 0.152 e. The first kappa shape index (κ1) is 14.4. The molecule has 0 saturated carbocycles. The van der Waals surface area contributed by atoms with Crippen molar-refractivity contribution in [3.63, 3.8) is 0 Å². The minimum atomic E-state index is -2.91. The highest BCUT2D eigenvalue weighted by atomic mass is 32.2. The predicted octanol–water partition coefficient (Wildman–Crippen LogP) is 1.72. The molecule has 2 N–H and O–H groups in total. The normalized spacial score (nSPS) is 23.6. The number of nitrogens with zero attached hydrogens (tertiary/aromatic N) is 2. The third kappa shape index (κ3) is 2.94. The van der Waals surface area contributed by atoms with E-state index in [9.17, 15) is 8.42 Å². The summed E-state index contributed by atoms with van der Waals surface area (Å²) in [5.41, 5.74) is 8.11. The lowest BCUT2D eigenvalue weighted by Gasteiger charge is -2.10. The summed E-state index contributed by atoms with van der Waals surface area (Å²) in [7, 11) is -2.91. The molecule has 0 spiro atoms. The lowest BCUT2D eigenvalue weighted by Crippen LogP contribution is -2.15. The van der Waals surface area contributed by atoms with Crippen LogP contribution in [0.25, 0.3) is 0 Å². The molecule has 0 aromatic carbocycles. The Hall–Kier alpha value is -1.04. The third-order valence-corrected chi connectivity index (χ3v) is 5.84. The molecule has 1 saturated heterocycles. The van der Waals surface area contributed by atoms with Crippen molar-refractivity contribution in [2.45, 2.75) is 46.1 Å². The molecule has 2 unspecified atom stereocenters. The van der Waals surface area contributed by atoms with Gasteiger partial charge in [0.05, 0.1) is 23.2 Å². The van der Waals surface area contributed by atoms with Crippen LogP contribution in [0.2, 0.25) is 0 Å². The van der Waals surface area contributed by atoms with Crippen molar-refractivity contribution < 1.29 is 8.42 Å². The second-order valence-corrected chi connectivity index (χ2v) is 7.90. The van der Waals surface area contributed by atoms with Crippen LogP contribution in [0.1, 0.15) is 44.0 Å². The second kappa shape index (κ2) is 5.15. The smallest absolute Gasteiger partial charge is 0.152 e. The molecular weight excluding hydrogens is 262 g/mol. The summed E-state index contributed by atoms with van der Waals surface area (Å²) in [6.45, 7) is 6.32. The summed E-state index contributed by atoms with van der Waals surface area (Å²) in [4.78, 5) is 0. The van der Waals surface area contributed by atoms with Gasteiger partial charge in [-0.15, -0.1) is 0 Å². The Morgan fingerprint density at radius 2 is 2.21 bits per heavy atom. The number of anilines is 1. The number of rotatable bonds is 4. The van der Waals surface area contributed by atoms with Crippen LogP contribution in [0.5, 0.6) is 0 Å². The van der Waals surface area contributed by atoms with Gasteiger partial charge in [0.2, 0.25) is 0 Å². The fourth-order valence-electron chi connectivity index (χ4n) is 2.49. The lowest BCUT2D eigenvalue weighted by molar-refractivity contribution is 0.489. The van der Waals surface area contributed by atoms with Gasteiger partial charge in [0, 0.05) is 5.56 Å². The van der Waals surface area contributed by atoms with Crippen LogP contribution < -0.4 is 5.73 Å². The van der Waals surface area contributed by atoms with Crippen LogP contribution in [0.4, 0.5) is 5.82 Å². The summed E-state index contributed by atoms with van der Waals surface area (Å²) >= 11 is 0. The molecule has 1 aliphatic heterocycles. The molecule has 5 nitrogen and oxygen atoms in total. The first-order valence-electron chi connectivity index (χ1n) is 6.88. The Kier molecular flexibility index (Phi) is 3.90. The summed E-state index contributed by atoms with van der Waals surface area (Å²) in [6, 6.07) is -0.0885. The number of nitrogen functional groups attached to an aromatic ring is 1. The van der Waals surface area contributed by atoms with E-state index in [1.54, 1.807) is 4.68 Å². The van der Waals surface area contributed by atoms with Crippen molar-refractivity contribution in [3.8, 4) is 0 Å². The van der Waals surface area contributed by atoms with Gasteiger partial charge in [-0.25, -0.2) is 13.1 Å².